The number of likely N-dealkylation sites (tertiary alicyclic amines) is 2. The van der Waals surface area contributed by atoms with Gasteiger partial charge in [0.1, 0.15) is 17.3 Å². The second-order valence-corrected chi connectivity index (χ2v) is 7.65. The predicted octanol–water partition coefficient (Wildman–Crippen LogP) is 1.53. The summed E-state index contributed by atoms with van der Waals surface area (Å²) in [5.41, 5.74) is 1.22. The molecule has 2 saturated heterocycles. The Morgan fingerprint density at radius 3 is 2.67 bits per heavy atom. The predicted molar refractivity (Wildman–Crippen MR) is 100 cm³/mol. The normalized spacial score (nSPS) is 21.0. The lowest BCUT2D eigenvalue weighted by Gasteiger charge is -2.32. The van der Waals surface area contributed by atoms with Crippen molar-refractivity contribution in [2.45, 2.75) is 45.1 Å². The van der Waals surface area contributed by atoms with E-state index in [0.29, 0.717) is 12.2 Å². The Morgan fingerprint density at radius 2 is 1.93 bits per heavy atom. The van der Waals surface area contributed by atoms with Crippen LogP contribution in [0.5, 0.6) is 0 Å². The molecule has 0 N–H and O–H groups in total. The molecular formula is C19H27N7O. The first-order chi connectivity index (χ1) is 13.1. The third-order valence-electron chi connectivity index (χ3n) is 5.64. The van der Waals surface area contributed by atoms with E-state index >= 15 is 0 Å². The Bertz CT molecular complexity index is 795. The minimum absolute atomic E-state index is 0.0494. The lowest BCUT2D eigenvalue weighted by Crippen LogP contribution is -2.40. The molecule has 1 atom stereocenters. The SMILES string of the molecule is Cc1cnc(C(=O)N2CCC[C@H](c3nnc(CN4CCCC4)n3C)C2)cn1. The lowest BCUT2D eigenvalue weighted by atomic mass is 9.97. The number of amides is 1. The maximum atomic E-state index is 12.8. The van der Waals surface area contributed by atoms with Crippen LogP contribution in [-0.2, 0) is 13.6 Å². The van der Waals surface area contributed by atoms with Gasteiger partial charge >= 0.3 is 0 Å². The van der Waals surface area contributed by atoms with Crippen LogP contribution < -0.4 is 0 Å². The molecule has 8 heteroatoms. The number of carbonyl (C=O) groups is 1. The number of hydrogen-bond acceptors (Lipinski definition) is 6. The van der Waals surface area contributed by atoms with Gasteiger partial charge in [-0.05, 0) is 45.7 Å². The number of aryl methyl sites for hydroxylation is 1. The van der Waals surface area contributed by atoms with E-state index < -0.39 is 0 Å². The summed E-state index contributed by atoms with van der Waals surface area (Å²) < 4.78 is 2.13. The molecule has 0 bridgehead atoms. The standard InChI is InChI=1S/C19H27N7O/c1-14-10-21-16(11-20-14)19(27)26-9-5-6-15(12-26)18-23-22-17(24(18)2)13-25-7-3-4-8-25/h10-11,15H,3-9,12-13H2,1-2H3/t15-/m0/s1. The van der Waals surface area contributed by atoms with Gasteiger partial charge in [0.15, 0.2) is 0 Å². The van der Waals surface area contributed by atoms with Gasteiger partial charge in [-0.3, -0.25) is 14.7 Å². The van der Waals surface area contributed by atoms with Crippen molar-refractivity contribution < 1.29 is 4.79 Å². The summed E-state index contributed by atoms with van der Waals surface area (Å²) >= 11 is 0. The summed E-state index contributed by atoms with van der Waals surface area (Å²) in [5.74, 6) is 2.16. The van der Waals surface area contributed by atoms with E-state index in [1.807, 2.05) is 18.9 Å². The summed E-state index contributed by atoms with van der Waals surface area (Å²) in [6.07, 6.45) is 7.74. The summed E-state index contributed by atoms with van der Waals surface area (Å²) in [5, 5.41) is 8.92. The van der Waals surface area contributed by atoms with Crippen LogP contribution in [0.2, 0.25) is 0 Å². The van der Waals surface area contributed by atoms with Crippen molar-refractivity contribution >= 4 is 5.91 Å². The fourth-order valence-electron chi connectivity index (χ4n) is 4.05. The van der Waals surface area contributed by atoms with E-state index in [9.17, 15) is 4.79 Å². The van der Waals surface area contributed by atoms with Gasteiger partial charge in [0, 0.05) is 32.3 Å². The first-order valence-corrected chi connectivity index (χ1v) is 9.80. The highest BCUT2D eigenvalue weighted by Gasteiger charge is 2.29. The largest absolute Gasteiger partial charge is 0.337 e. The minimum atomic E-state index is -0.0494. The maximum Gasteiger partial charge on any atom is 0.274 e. The lowest BCUT2D eigenvalue weighted by molar-refractivity contribution is 0.0697. The zero-order valence-corrected chi connectivity index (χ0v) is 16.1. The van der Waals surface area contributed by atoms with Gasteiger partial charge in [0.25, 0.3) is 5.91 Å². The van der Waals surface area contributed by atoms with Crippen LogP contribution in [0.4, 0.5) is 0 Å². The summed E-state index contributed by atoms with van der Waals surface area (Å²) in [7, 11) is 2.05. The van der Waals surface area contributed by atoms with Crippen LogP contribution in [0.15, 0.2) is 12.4 Å². The highest BCUT2D eigenvalue weighted by molar-refractivity contribution is 5.92. The van der Waals surface area contributed by atoms with Crippen LogP contribution >= 0.6 is 0 Å². The molecular weight excluding hydrogens is 342 g/mol. The first-order valence-electron chi connectivity index (χ1n) is 9.80. The van der Waals surface area contributed by atoms with Crippen molar-refractivity contribution in [2.75, 3.05) is 26.2 Å². The fraction of sp³-hybridized carbons (Fsp3) is 0.632. The van der Waals surface area contributed by atoms with E-state index in [1.165, 1.54) is 12.8 Å². The van der Waals surface area contributed by atoms with Crippen LogP contribution in [-0.4, -0.2) is 66.6 Å². The second kappa shape index (κ2) is 7.72. The maximum absolute atomic E-state index is 12.8. The molecule has 144 valence electrons. The number of piperidine rings is 1. The molecule has 0 aliphatic carbocycles. The Balaban J connectivity index is 1.45. The van der Waals surface area contributed by atoms with Crippen LogP contribution in [0.25, 0.3) is 0 Å². The van der Waals surface area contributed by atoms with Gasteiger partial charge in [0.05, 0.1) is 18.4 Å². The van der Waals surface area contributed by atoms with Crippen molar-refractivity contribution in [1.29, 1.82) is 0 Å². The molecule has 2 aromatic heterocycles. The van der Waals surface area contributed by atoms with Gasteiger partial charge in [0.2, 0.25) is 0 Å². The molecule has 8 nitrogen and oxygen atoms in total. The third kappa shape index (κ3) is 3.85. The van der Waals surface area contributed by atoms with E-state index in [1.54, 1.807) is 12.4 Å². The summed E-state index contributed by atoms with van der Waals surface area (Å²) in [6.45, 7) is 6.42. The van der Waals surface area contributed by atoms with E-state index in [0.717, 1.165) is 56.4 Å². The van der Waals surface area contributed by atoms with E-state index in [-0.39, 0.29) is 11.8 Å². The fourth-order valence-corrected chi connectivity index (χ4v) is 4.05. The number of carbonyl (C=O) groups excluding carboxylic acids is 1. The topological polar surface area (TPSA) is 80.0 Å². The Labute approximate surface area is 159 Å². The Morgan fingerprint density at radius 1 is 1.11 bits per heavy atom. The molecule has 4 rings (SSSR count). The number of nitrogens with zero attached hydrogens (tertiary/aromatic N) is 7. The highest BCUT2D eigenvalue weighted by atomic mass is 16.2. The third-order valence-corrected chi connectivity index (χ3v) is 5.64. The first kappa shape index (κ1) is 18.0. The molecule has 0 radical (unpaired) electrons. The molecule has 27 heavy (non-hydrogen) atoms. The molecule has 0 spiro atoms. The van der Waals surface area contributed by atoms with Gasteiger partial charge in [-0.15, -0.1) is 10.2 Å². The van der Waals surface area contributed by atoms with E-state index in [2.05, 4.69) is 29.6 Å². The van der Waals surface area contributed by atoms with Crippen LogP contribution in [0, 0.1) is 6.92 Å². The van der Waals surface area contributed by atoms with Gasteiger partial charge < -0.3 is 9.47 Å². The Kier molecular flexibility index (Phi) is 5.15. The quantitative estimate of drug-likeness (QED) is 0.813. The zero-order chi connectivity index (χ0) is 18.8. The van der Waals surface area contributed by atoms with Crippen LogP contribution in [0.3, 0.4) is 0 Å². The molecule has 4 heterocycles. The molecule has 1 amide bonds. The molecule has 2 aliphatic rings. The van der Waals surface area contributed by atoms with Crippen LogP contribution in [0.1, 0.15) is 59.4 Å². The number of hydrogen-bond donors (Lipinski definition) is 0. The van der Waals surface area contributed by atoms with Crippen molar-refractivity contribution in [1.82, 2.24) is 34.5 Å². The van der Waals surface area contributed by atoms with E-state index in [4.69, 9.17) is 0 Å². The smallest absolute Gasteiger partial charge is 0.274 e. The minimum Gasteiger partial charge on any atom is -0.337 e. The molecule has 0 aromatic carbocycles. The molecule has 2 fully saturated rings. The Hall–Kier alpha value is -2.35. The van der Waals surface area contributed by atoms with Crippen molar-refractivity contribution in [3.8, 4) is 0 Å². The molecule has 2 aliphatic heterocycles. The molecule has 2 aromatic rings. The molecule has 0 unspecified atom stereocenters. The van der Waals surface area contributed by atoms with Gasteiger partial charge in [-0.25, -0.2) is 4.98 Å². The second-order valence-electron chi connectivity index (χ2n) is 7.65. The van der Waals surface area contributed by atoms with Gasteiger partial charge in [-0.2, -0.15) is 0 Å². The van der Waals surface area contributed by atoms with Gasteiger partial charge in [-0.1, -0.05) is 0 Å². The average molecular weight is 369 g/mol. The monoisotopic (exact) mass is 369 g/mol. The average Bonchev–Trinajstić information content (AvgIpc) is 3.33. The van der Waals surface area contributed by atoms with Crippen molar-refractivity contribution in [3.63, 3.8) is 0 Å². The number of rotatable bonds is 4. The van der Waals surface area contributed by atoms with Crippen molar-refractivity contribution in [2.24, 2.45) is 7.05 Å². The molecule has 0 saturated carbocycles. The summed E-state index contributed by atoms with van der Waals surface area (Å²) in [6, 6.07) is 0. The number of aromatic nitrogens is 5. The highest BCUT2D eigenvalue weighted by Crippen LogP contribution is 2.27. The van der Waals surface area contributed by atoms with Crippen molar-refractivity contribution in [3.05, 3.63) is 35.4 Å². The zero-order valence-electron chi connectivity index (χ0n) is 16.1. The summed E-state index contributed by atoms with van der Waals surface area (Å²) in [4.78, 5) is 25.5.